The lowest BCUT2D eigenvalue weighted by molar-refractivity contribution is -0.134. The average molecular weight is 343 g/mol. The van der Waals surface area contributed by atoms with Crippen LogP contribution >= 0.6 is 0 Å². The molecule has 1 aromatic rings. The van der Waals surface area contributed by atoms with Gasteiger partial charge in [-0.15, -0.1) is 0 Å². The highest BCUT2D eigenvalue weighted by Crippen LogP contribution is 2.22. The van der Waals surface area contributed by atoms with Crippen LogP contribution in [-0.2, 0) is 16.0 Å². The van der Waals surface area contributed by atoms with E-state index in [4.69, 9.17) is 5.73 Å². The minimum Gasteiger partial charge on any atom is -0.369 e. The Balaban J connectivity index is 1.39. The fraction of sp³-hybridized carbons (Fsp3) is 0.600. The SMILES string of the molecule is NC(=O)C1CCN(CC(=O)N2CCC(Cc3ccccc3)CC2)CC1. The number of rotatable bonds is 5. The van der Waals surface area contributed by atoms with Crippen molar-refractivity contribution in [3.05, 3.63) is 35.9 Å². The van der Waals surface area contributed by atoms with Gasteiger partial charge in [0.1, 0.15) is 0 Å². The maximum absolute atomic E-state index is 12.5. The first-order chi connectivity index (χ1) is 12.1. The zero-order chi connectivity index (χ0) is 17.6. The number of benzene rings is 1. The van der Waals surface area contributed by atoms with Crippen LogP contribution in [-0.4, -0.2) is 54.3 Å². The van der Waals surface area contributed by atoms with Gasteiger partial charge in [-0.2, -0.15) is 0 Å². The highest BCUT2D eigenvalue weighted by atomic mass is 16.2. The third-order valence-corrected chi connectivity index (χ3v) is 5.68. The van der Waals surface area contributed by atoms with Gasteiger partial charge in [-0.3, -0.25) is 14.5 Å². The van der Waals surface area contributed by atoms with Crippen LogP contribution in [0, 0.1) is 11.8 Å². The summed E-state index contributed by atoms with van der Waals surface area (Å²) in [5, 5.41) is 0. The Morgan fingerprint density at radius 2 is 1.60 bits per heavy atom. The van der Waals surface area contributed by atoms with E-state index in [1.54, 1.807) is 0 Å². The van der Waals surface area contributed by atoms with Crippen molar-refractivity contribution in [3.63, 3.8) is 0 Å². The predicted octanol–water partition coefficient (Wildman–Crippen LogP) is 1.66. The van der Waals surface area contributed by atoms with E-state index in [1.165, 1.54) is 5.56 Å². The number of carbonyl (C=O) groups excluding carboxylic acids is 2. The third kappa shape index (κ3) is 5.05. The molecule has 5 heteroatoms. The third-order valence-electron chi connectivity index (χ3n) is 5.68. The molecule has 0 aromatic heterocycles. The van der Waals surface area contributed by atoms with Gasteiger partial charge in [0.15, 0.2) is 0 Å². The van der Waals surface area contributed by atoms with Crippen LogP contribution in [0.2, 0.25) is 0 Å². The summed E-state index contributed by atoms with van der Waals surface area (Å²) in [5.41, 5.74) is 6.76. The molecule has 0 unspecified atom stereocenters. The summed E-state index contributed by atoms with van der Waals surface area (Å²) in [7, 11) is 0. The molecule has 0 aliphatic carbocycles. The van der Waals surface area contributed by atoms with Crippen LogP contribution in [0.4, 0.5) is 0 Å². The van der Waals surface area contributed by atoms with Crippen LogP contribution in [0.3, 0.4) is 0 Å². The molecule has 25 heavy (non-hydrogen) atoms. The molecular weight excluding hydrogens is 314 g/mol. The smallest absolute Gasteiger partial charge is 0.236 e. The van der Waals surface area contributed by atoms with E-state index in [-0.39, 0.29) is 17.7 Å². The molecule has 2 N–H and O–H groups in total. The molecule has 5 nitrogen and oxygen atoms in total. The fourth-order valence-electron chi connectivity index (χ4n) is 4.00. The molecule has 2 heterocycles. The first-order valence-electron chi connectivity index (χ1n) is 9.45. The second kappa shape index (κ2) is 8.48. The number of hydrogen-bond donors (Lipinski definition) is 1. The Labute approximate surface area is 150 Å². The molecule has 2 amide bonds. The second-order valence-corrected chi connectivity index (χ2v) is 7.47. The molecule has 3 rings (SSSR count). The van der Waals surface area contributed by atoms with E-state index in [2.05, 4.69) is 35.2 Å². The number of likely N-dealkylation sites (tertiary alicyclic amines) is 2. The zero-order valence-electron chi connectivity index (χ0n) is 14.9. The minimum atomic E-state index is -0.202. The van der Waals surface area contributed by atoms with Crippen molar-refractivity contribution in [1.29, 1.82) is 0 Å². The molecule has 2 saturated heterocycles. The monoisotopic (exact) mass is 343 g/mol. The maximum atomic E-state index is 12.5. The maximum Gasteiger partial charge on any atom is 0.236 e. The summed E-state index contributed by atoms with van der Waals surface area (Å²) in [6.45, 7) is 3.81. The van der Waals surface area contributed by atoms with Gasteiger partial charge in [0.2, 0.25) is 11.8 Å². The first kappa shape index (κ1) is 17.9. The molecule has 0 radical (unpaired) electrons. The van der Waals surface area contributed by atoms with Gasteiger partial charge >= 0.3 is 0 Å². The molecule has 0 spiro atoms. The molecule has 2 fully saturated rings. The van der Waals surface area contributed by atoms with Crippen molar-refractivity contribution < 1.29 is 9.59 Å². The number of nitrogens with two attached hydrogens (primary N) is 1. The van der Waals surface area contributed by atoms with Gasteiger partial charge in [-0.1, -0.05) is 30.3 Å². The Morgan fingerprint density at radius 1 is 0.960 bits per heavy atom. The molecular formula is C20H29N3O2. The van der Waals surface area contributed by atoms with Gasteiger partial charge in [0.05, 0.1) is 6.54 Å². The summed E-state index contributed by atoms with van der Waals surface area (Å²) in [5.74, 6) is 0.694. The van der Waals surface area contributed by atoms with E-state index < -0.39 is 0 Å². The average Bonchev–Trinajstić information content (AvgIpc) is 2.63. The van der Waals surface area contributed by atoms with Crippen molar-refractivity contribution in [3.8, 4) is 0 Å². The number of hydrogen-bond acceptors (Lipinski definition) is 3. The first-order valence-corrected chi connectivity index (χ1v) is 9.45. The topological polar surface area (TPSA) is 66.6 Å². The van der Waals surface area contributed by atoms with E-state index in [1.807, 2.05) is 4.90 Å². The van der Waals surface area contributed by atoms with Gasteiger partial charge in [-0.05, 0) is 56.7 Å². The van der Waals surface area contributed by atoms with Crippen LogP contribution in [0.25, 0.3) is 0 Å². The molecule has 0 bridgehead atoms. The summed E-state index contributed by atoms with van der Waals surface area (Å²) < 4.78 is 0. The molecule has 136 valence electrons. The van der Waals surface area contributed by atoms with E-state index in [9.17, 15) is 9.59 Å². The van der Waals surface area contributed by atoms with E-state index in [0.717, 1.165) is 58.3 Å². The highest BCUT2D eigenvalue weighted by molar-refractivity contribution is 5.79. The largest absolute Gasteiger partial charge is 0.369 e. The fourth-order valence-corrected chi connectivity index (χ4v) is 4.00. The number of amides is 2. The number of piperidine rings is 2. The second-order valence-electron chi connectivity index (χ2n) is 7.47. The normalized spacial score (nSPS) is 20.6. The highest BCUT2D eigenvalue weighted by Gasteiger charge is 2.27. The quantitative estimate of drug-likeness (QED) is 0.884. The Kier molecular flexibility index (Phi) is 6.08. The van der Waals surface area contributed by atoms with Gasteiger partial charge in [0.25, 0.3) is 0 Å². The van der Waals surface area contributed by atoms with Crippen molar-refractivity contribution in [2.45, 2.75) is 32.1 Å². The van der Waals surface area contributed by atoms with Crippen molar-refractivity contribution in [2.75, 3.05) is 32.7 Å². The molecule has 2 aliphatic rings. The zero-order valence-corrected chi connectivity index (χ0v) is 14.9. The number of carbonyl (C=O) groups is 2. The van der Waals surface area contributed by atoms with Crippen LogP contribution in [0.15, 0.2) is 30.3 Å². The number of primary amides is 1. The Morgan fingerprint density at radius 3 is 2.20 bits per heavy atom. The molecule has 0 saturated carbocycles. The number of nitrogens with zero attached hydrogens (tertiary/aromatic N) is 2. The van der Waals surface area contributed by atoms with Gasteiger partial charge in [-0.25, -0.2) is 0 Å². The molecule has 0 atom stereocenters. The van der Waals surface area contributed by atoms with Gasteiger partial charge < -0.3 is 10.6 Å². The molecule has 1 aromatic carbocycles. The standard InChI is InChI=1S/C20H29N3O2/c21-20(25)18-8-10-22(11-9-18)15-19(24)23-12-6-17(7-13-23)14-16-4-2-1-3-5-16/h1-5,17-18H,6-15H2,(H2,21,25). The van der Waals surface area contributed by atoms with Crippen LogP contribution in [0.5, 0.6) is 0 Å². The lowest BCUT2D eigenvalue weighted by Gasteiger charge is -2.35. The van der Waals surface area contributed by atoms with E-state index in [0.29, 0.717) is 12.5 Å². The summed E-state index contributed by atoms with van der Waals surface area (Å²) >= 11 is 0. The lowest BCUT2D eigenvalue weighted by atomic mass is 9.90. The lowest BCUT2D eigenvalue weighted by Crippen LogP contribution is -2.47. The molecule has 2 aliphatic heterocycles. The van der Waals surface area contributed by atoms with Crippen molar-refractivity contribution >= 4 is 11.8 Å². The van der Waals surface area contributed by atoms with Crippen LogP contribution < -0.4 is 5.73 Å². The predicted molar refractivity (Wildman–Crippen MR) is 97.8 cm³/mol. The van der Waals surface area contributed by atoms with E-state index >= 15 is 0 Å². The minimum absolute atomic E-state index is 0.0138. The van der Waals surface area contributed by atoms with Crippen molar-refractivity contribution in [1.82, 2.24) is 9.80 Å². The van der Waals surface area contributed by atoms with Crippen molar-refractivity contribution in [2.24, 2.45) is 17.6 Å². The summed E-state index contributed by atoms with van der Waals surface area (Å²) in [6.07, 6.45) is 4.85. The summed E-state index contributed by atoms with van der Waals surface area (Å²) in [4.78, 5) is 27.9. The van der Waals surface area contributed by atoms with Crippen LogP contribution in [0.1, 0.15) is 31.2 Å². The Bertz CT molecular complexity index is 574. The Hall–Kier alpha value is -1.88. The summed E-state index contributed by atoms with van der Waals surface area (Å²) in [6, 6.07) is 10.6. The van der Waals surface area contributed by atoms with Gasteiger partial charge in [0, 0.05) is 19.0 Å².